The number of aliphatic hydroxyl groups excluding tert-OH is 2. The molecule has 5 bridgehead atoms. The van der Waals surface area contributed by atoms with Crippen molar-refractivity contribution >= 4 is 29.4 Å². The van der Waals surface area contributed by atoms with Gasteiger partial charge in [0.1, 0.15) is 29.0 Å². The fourth-order valence-electron chi connectivity index (χ4n) is 8.77. The van der Waals surface area contributed by atoms with Crippen LogP contribution in [-0.4, -0.2) is 113 Å². The summed E-state index contributed by atoms with van der Waals surface area (Å²) in [5, 5.41) is 39.9. The standard InChI is InChI=1S/C48H56F3N3O13/c1-23-11-9-12-24(2)45(61)53-35-36(54-16-19-64-20-17-54)41(59)32-33(40(35)58)39(57)28(6)43-34(32)44(60)47(7,67-43)65-18-15-31(63-8)25(3)42(27(5)38(56)26(4)37(23)55)66-46(62)52-22-29-13-10-14-30(21-29)48(49,50)51/h9-15,18,21,23,25-27,31,37-38,42,55-57H,16-17,19-20,22H2,1-8H3,(H,52,62)(H,53,61)/b11-9+,18-15+,24-12-/t23-,25-,26-,27-,31+,37-,38-,42+,47+/m1/s1. The molecule has 19 heteroatoms. The Morgan fingerprint density at radius 2 is 1.64 bits per heavy atom. The number of fused-ring (bicyclic) bond motifs is 14. The molecule has 0 aromatic heterocycles. The molecule has 2 aromatic carbocycles. The van der Waals surface area contributed by atoms with E-state index in [4.69, 9.17) is 23.7 Å². The average Bonchev–Trinajstić information content (AvgIpc) is 3.56. The first-order valence-electron chi connectivity index (χ1n) is 21.8. The summed E-state index contributed by atoms with van der Waals surface area (Å²) in [4.78, 5) is 72.5. The molecule has 4 aliphatic heterocycles. The third-order valence-corrected chi connectivity index (χ3v) is 12.9. The minimum Gasteiger partial charge on any atom is -0.507 e. The van der Waals surface area contributed by atoms with Gasteiger partial charge in [-0.3, -0.25) is 19.2 Å². The molecular formula is C48H56F3N3O13. The number of benzene rings is 2. The van der Waals surface area contributed by atoms with E-state index in [1.165, 1.54) is 58.2 Å². The second-order valence-electron chi connectivity index (χ2n) is 17.5. The first-order chi connectivity index (χ1) is 31.5. The lowest BCUT2D eigenvalue weighted by atomic mass is 9.78. The van der Waals surface area contributed by atoms with Crippen molar-refractivity contribution in [1.29, 1.82) is 0 Å². The molecule has 0 radical (unpaired) electrons. The number of morpholine rings is 1. The lowest BCUT2D eigenvalue weighted by Gasteiger charge is -2.38. The number of Topliss-reactive ketones (excluding diaryl/α,β-unsaturated/α-hetero) is 3. The van der Waals surface area contributed by atoms with Gasteiger partial charge in [-0.05, 0) is 37.6 Å². The zero-order chi connectivity index (χ0) is 49.3. The van der Waals surface area contributed by atoms with E-state index in [0.29, 0.717) is 0 Å². The number of hydrogen-bond acceptors (Lipinski definition) is 14. The van der Waals surface area contributed by atoms with Crippen molar-refractivity contribution in [3.05, 3.63) is 105 Å². The molecule has 67 heavy (non-hydrogen) atoms. The number of phenols is 1. The Bertz CT molecular complexity index is 2420. The van der Waals surface area contributed by atoms with Gasteiger partial charge < -0.3 is 54.5 Å². The van der Waals surface area contributed by atoms with Crippen molar-refractivity contribution in [3.8, 4) is 11.5 Å². The monoisotopic (exact) mass is 939 g/mol. The number of carbonyl (C=O) groups excluding carboxylic acids is 5. The Balaban J connectivity index is 1.40. The number of rotatable bonds is 5. The van der Waals surface area contributed by atoms with Crippen LogP contribution in [0, 0.1) is 30.6 Å². The number of allylic oxidation sites excluding steroid dienone is 4. The zero-order valence-electron chi connectivity index (χ0n) is 38.4. The van der Waals surface area contributed by atoms with Gasteiger partial charge in [0.25, 0.3) is 11.7 Å². The number of hydrogen-bond donors (Lipinski definition) is 5. The molecule has 0 spiro atoms. The van der Waals surface area contributed by atoms with Crippen molar-refractivity contribution in [2.24, 2.45) is 23.7 Å². The van der Waals surface area contributed by atoms with Gasteiger partial charge in [-0.2, -0.15) is 13.2 Å². The molecule has 5 aliphatic rings. The number of halogens is 3. The van der Waals surface area contributed by atoms with E-state index >= 15 is 0 Å². The number of nitrogens with zero attached hydrogens (tertiary/aromatic N) is 1. The lowest BCUT2D eigenvalue weighted by molar-refractivity contribution is -0.137. The Morgan fingerprint density at radius 3 is 2.30 bits per heavy atom. The number of amides is 2. The van der Waals surface area contributed by atoms with E-state index in [-0.39, 0.29) is 66.6 Å². The van der Waals surface area contributed by atoms with E-state index in [9.17, 15) is 52.5 Å². The topological polar surface area (TPSA) is 219 Å². The summed E-state index contributed by atoms with van der Waals surface area (Å²) in [5.41, 5.74) is -2.62. The molecule has 7 rings (SSSR count). The molecule has 2 aromatic rings. The van der Waals surface area contributed by atoms with Crippen LogP contribution in [0.1, 0.15) is 89.3 Å². The van der Waals surface area contributed by atoms with E-state index in [0.717, 1.165) is 18.4 Å². The first kappa shape index (κ1) is 50.4. The van der Waals surface area contributed by atoms with Crippen LogP contribution in [0.4, 0.5) is 18.0 Å². The highest BCUT2D eigenvalue weighted by atomic mass is 19.4. The number of ketones is 3. The smallest absolute Gasteiger partial charge is 0.416 e. The van der Waals surface area contributed by atoms with Crippen LogP contribution in [0.2, 0.25) is 0 Å². The molecule has 9 atom stereocenters. The number of methoxy groups -OCH3 is 1. The Kier molecular flexibility index (Phi) is 15.1. The van der Waals surface area contributed by atoms with Crippen molar-refractivity contribution in [3.63, 3.8) is 0 Å². The van der Waals surface area contributed by atoms with Gasteiger partial charge >= 0.3 is 18.1 Å². The van der Waals surface area contributed by atoms with Crippen molar-refractivity contribution in [1.82, 2.24) is 15.5 Å². The van der Waals surface area contributed by atoms with Crippen LogP contribution in [-0.2, 0) is 36.5 Å². The maximum Gasteiger partial charge on any atom is 0.416 e. The summed E-state index contributed by atoms with van der Waals surface area (Å²) >= 11 is 0. The Labute approximate surface area is 385 Å². The molecule has 16 nitrogen and oxygen atoms in total. The molecule has 0 unspecified atom stereocenters. The summed E-state index contributed by atoms with van der Waals surface area (Å²) < 4.78 is 69.4. The number of aromatic hydroxyl groups is 1. The third-order valence-electron chi connectivity index (χ3n) is 12.9. The SMILES string of the molecule is CO[C@H]1/C=C/O[C@@]2(C)Oc3c(C)c(O)c4c(c3C2=O)C(=O)C(N2CCOCC2)=C(NC(=O)/C(C)=C\C=C\[C@@H](C)[C@@H](O)[C@@H](C)[C@@H](O)[C@@H](C)[C@@H](OC(=O)NCc2cccc(C(F)(F)F)c2)[C@@H]1C)C4=O. The second-order valence-corrected chi connectivity index (χ2v) is 17.5. The molecule has 5 N–H and O–H groups in total. The Morgan fingerprint density at radius 1 is 0.955 bits per heavy atom. The fourth-order valence-corrected chi connectivity index (χ4v) is 8.77. The molecule has 1 saturated heterocycles. The van der Waals surface area contributed by atoms with Crippen molar-refractivity contribution < 1.29 is 76.1 Å². The number of phenolic OH excluding ortho intramolecular Hbond substituents is 1. The average molecular weight is 940 g/mol. The molecule has 1 aliphatic carbocycles. The normalized spacial score (nSPS) is 30.5. The highest BCUT2D eigenvalue weighted by molar-refractivity contribution is 6.32. The summed E-state index contributed by atoms with van der Waals surface area (Å²) in [6.45, 7) is 11.0. The summed E-state index contributed by atoms with van der Waals surface area (Å²) in [7, 11) is 1.34. The predicted molar refractivity (Wildman–Crippen MR) is 234 cm³/mol. The highest BCUT2D eigenvalue weighted by Gasteiger charge is 2.53. The summed E-state index contributed by atoms with van der Waals surface area (Å²) in [5.74, 6) is -9.70. The van der Waals surface area contributed by atoms with E-state index in [1.54, 1.807) is 38.7 Å². The van der Waals surface area contributed by atoms with E-state index < -0.39 is 118 Å². The van der Waals surface area contributed by atoms with Crippen LogP contribution in [0.15, 0.2) is 71.8 Å². The van der Waals surface area contributed by atoms with Crippen LogP contribution in [0.5, 0.6) is 11.5 Å². The maximum atomic E-state index is 14.8. The molecule has 0 saturated carbocycles. The number of aliphatic hydroxyl groups is 2. The van der Waals surface area contributed by atoms with Crippen LogP contribution in [0.25, 0.3) is 0 Å². The van der Waals surface area contributed by atoms with Crippen molar-refractivity contribution in [2.45, 2.75) is 91.4 Å². The minimum atomic E-state index is -4.61. The number of ether oxygens (including phenoxy) is 5. The summed E-state index contributed by atoms with van der Waals surface area (Å²) in [6.07, 6.45) is -3.38. The van der Waals surface area contributed by atoms with E-state index in [1.807, 2.05) is 0 Å². The van der Waals surface area contributed by atoms with Gasteiger partial charge in [0.2, 0.25) is 11.6 Å². The van der Waals surface area contributed by atoms with Crippen LogP contribution >= 0.6 is 0 Å². The van der Waals surface area contributed by atoms with Crippen molar-refractivity contribution in [2.75, 3.05) is 33.4 Å². The lowest BCUT2D eigenvalue weighted by Crippen LogP contribution is -2.47. The number of carbonyl (C=O) groups is 5. The van der Waals surface area contributed by atoms with Gasteiger partial charge in [0.05, 0.1) is 60.0 Å². The zero-order valence-corrected chi connectivity index (χ0v) is 38.4. The highest BCUT2D eigenvalue weighted by Crippen LogP contribution is 2.49. The number of alkyl carbamates (subject to hydrolysis) is 1. The predicted octanol–water partition coefficient (Wildman–Crippen LogP) is 5.67. The molecular weight excluding hydrogens is 884 g/mol. The first-order valence-corrected chi connectivity index (χ1v) is 21.8. The Hall–Kier alpha value is -6.02. The third kappa shape index (κ3) is 10.1. The van der Waals surface area contributed by atoms with Gasteiger partial charge in [-0.25, -0.2) is 4.79 Å². The molecule has 1 fully saturated rings. The summed E-state index contributed by atoms with van der Waals surface area (Å²) in [6, 6.07) is 4.39. The fraction of sp³-hybridized carbons (Fsp3) is 0.479. The van der Waals surface area contributed by atoms with Gasteiger partial charge in [0, 0.05) is 68.5 Å². The van der Waals surface area contributed by atoms with Gasteiger partial charge in [0.15, 0.2) is 0 Å². The molecule has 2 amide bonds. The number of nitrogens with one attached hydrogen (secondary N) is 2. The number of alkyl halides is 3. The van der Waals surface area contributed by atoms with Crippen LogP contribution in [0.3, 0.4) is 0 Å². The quantitative estimate of drug-likeness (QED) is 0.244. The van der Waals surface area contributed by atoms with E-state index in [2.05, 4.69) is 10.6 Å². The van der Waals surface area contributed by atoms with Gasteiger partial charge in [-0.1, -0.05) is 58.1 Å². The largest absolute Gasteiger partial charge is 0.507 e. The maximum absolute atomic E-state index is 14.8. The minimum absolute atomic E-state index is 0.0559. The van der Waals surface area contributed by atoms with Gasteiger partial charge in [-0.15, -0.1) is 0 Å². The molecule has 362 valence electrons. The molecule has 4 heterocycles. The van der Waals surface area contributed by atoms with Crippen LogP contribution < -0.4 is 15.4 Å². The second kappa shape index (κ2) is 20.1.